The number of anilines is 1. The lowest BCUT2D eigenvalue weighted by atomic mass is 9.87. The summed E-state index contributed by atoms with van der Waals surface area (Å²) in [4.78, 5) is 42.8. The van der Waals surface area contributed by atoms with Gasteiger partial charge in [-0.25, -0.2) is 0 Å². The molecule has 206 valence electrons. The summed E-state index contributed by atoms with van der Waals surface area (Å²) in [6.45, 7) is 10.2. The Balaban J connectivity index is 1.08. The van der Waals surface area contributed by atoms with Gasteiger partial charge in [0, 0.05) is 49.3 Å². The number of hydrogen-bond donors (Lipinski definition) is 2. The summed E-state index contributed by atoms with van der Waals surface area (Å²) in [5.74, 6) is -1.21. The zero-order chi connectivity index (χ0) is 27.1. The lowest BCUT2D eigenvalue weighted by molar-refractivity contribution is -0.125. The molecule has 3 amide bonds. The summed E-state index contributed by atoms with van der Waals surface area (Å²) in [6.07, 6.45) is 12.6. The predicted octanol–water partition coefficient (Wildman–Crippen LogP) is 4.10. The topological polar surface area (TPSA) is 99.6 Å². The summed E-state index contributed by atoms with van der Waals surface area (Å²) in [7, 11) is 0. The SMILES string of the molecule is C=C1CCC(N2C(=O)c3cccc(NCc4cnn(C5CCN(CC6(C)CCCC6)CC5)c4)c3C2=O)C(=O)N1. The molecular weight excluding hydrogens is 492 g/mol. The molecule has 1 aliphatic carbocycles. The van der Waals surface area contributed by atoms with Gasteiger partial charge in [-0.2, -0.15) is 5.10 Å². The number of nitrogens with one attached hydrogen (secondary N) is 2. The number of aromatic nitrogens is 2. The van der Waals surface area contributed by atoms with E-state index in [1.165, 1.54) is 32.2 Å². The second-order valence-corrected chi connectivity index (χ2v) is 12.1. The number of hydrogen-bond acceptors (Lipinski definition) is 6. The third-order valence-corrected chi connectivity index (χ3v) is 9.07. The highest BCUT2D eigenvalue weighted by atomic mass is 16.2. The molecule has 39 heavy (non-hydrogen) atoms. The van der Waals surface area contributed by atoms with Crippen LogP contribution in [0.3, 0.4) is 0 Å². The molecule has 1 aromatic carbocycles. The standard InChI is InChI=1S/C30H38N6O3/c1-20-8-9-25(27(37)33-20)36-28(38)23-6-5-7-24(26(23)29(36)39)31-16-21-17-32-35(18-21)22-10-14-34(15-11-22)19-30(2)12-3-4-13-30/h5-7,17-18,22,25,31H,1,3-4,8-16,19H2,2H3,(H,33,37). The Labute approximate surface area is 229 Å². The number of rotatable bonds is 7. The molecule has 0 spiro atoms. The van der Waals surface area contributed by atoms with Crippen molar-refractivity contribution in [3.05, 3.63) is 59.6 Å². The van der Waals surface area contributed by atoms with E-state index >= 15 is 0 Å². The number of allylic oxidation sites excluding steroid dienone is 1. The number of carbonyl (C=O) groups excluding carboxylic acids is 3. The van der Waals surface area contributed by atoms with Crippen molar-refractivity contribution in [3.63, 3.8) is 0 Å². The highest BCUT2D eigenvalue weighted by molar-refractivity contribution is 6.25. The Bertz CT molecular complexity index is 1300. The van der Waals surface area contributed by atoms with E-state index in [2.05, 4.69) is 45.0 Å². The van der Waals surface area contributed by atoms with Crippen molar-refractivity contribution in [2.75, 3.05) is 25.0 Å². The molecule has 9 nitrogen and oxygen atoms in total. The quantitative estimate of drug-likeness (QED) is 0.523. The van der Waals surface area contributed by atoms with Crippen LogP contribution in [0.15, 0.2) is 42.9 Å². The first kappa shape index (κ1) is 25.8. The molecule has 1 atom stereocenters. The fourth-order valence-corrected chi connectivity index (χ4v) is 6.88. The van der Waals surface area contributed by atoms with Crippen LogP contribution in [0.25, 0.3) is 0 Å². The van der Waals surface area contributed by atoms with Crippen molar-refractivity contribution in [1.82, 2.24) is 24.9 Å². The third-order valence-electron chi connectivity index (χ3n) is 9.07. The van der Waals surface area contributed by atoms with Gasteiger partial charge in [-0.05, 0) is 56.1 Å². The number of amides is 3. The average molecular weight is 531 g/mol. The molecule has 2 N–H and O–H groups in total. The first-order valence-electron chi connectivity index (χ1n) is 14.3. The minimum absolute atomic E-state index is 0.329. The van der Waals surface area contributed by atoms with Crippen LogP contribution in [0.2, 0.25) is 0 Å². The van der Waals surface area contributed by atoms with Crippen LogP contribution >= 0.6 is 0 Å². The number of benzene rings is 1. The van der Waals surface area contributed by atoms with Crippen LogP contribution in [0, 0.1) is 5.41 Å². The van der Waals surface area contributed by atoms with Gasteiger partial charge in [0.25, 0.3) is 11.8 Å². The largest absolute Gasteiger partial charge is 0.380 e. The molecule has 3 fully saturated rings. The summed E-state index contributed by atoms with van der Waals surface area (Å²) < 4.78 is 2.09. The number of likely N-dealkylation sites (tertiary alicyclic amines) is 1. The van der Waals surface area contributed by atoms with Crippen LogP contribution in [0.1, 0.15) is 90.6 Å². The molecule has 2 aromatic rings. The van der Waals surface area contributed by atoms with Gasteiger partial charge in [0.1, 0.15) is 6.04 Å². The van der Waals surface area contributed by atoms with Gasteiger partial charge in [0.2, 0.25) is 5.91 Å². The number of imide groups is 1. The van der Waals surface area contributed by atoms with E-state index in [9.17, 15) is 14.4 Å². The third kappa shape index (κ3) is 5.00. The van der Waals surface area contributed by atoms with E-state index in [1.54, 1.807) is 18.2 Å². The second-order valence-electron chi connectivity index (χ2n) is 12.1. The van der Waals surface area contributed by atoms with E-state index in [-0.39, 0.29) is 5.91 Å². The van der Waals surface area contributed by atoms with Crippen molar-refractivity contribution < 1.29 is 14.4 Å². The zero-order valence-electron chi connectivity index (χ0n) is 22.7. The van der Waals surface area contributed by atoms with Crippen molar-refractivity contribution >= 4 is 23.4 Å². The van der Waals surface area contributed by atoms with Crippen molar-refractivity contribution in [3.8, 4) is 0 Å². The summed E-state index contributed by atoms with van der Waals surface area (Å²) >= 11 is 0. The lowest BCUT2D eigenvalue weighted by Crippen LogP contribution is -2.51. The fourth-order valence-electron chi connectivity index (χ4n) is 6.88. The predicted molar refractivity (Wildman–Crippen MR) is 148 cm³/mol. The van der Waals surface area contributed by atoms with Gasteiger partial charge < -0.3 is 15.5 Å². The Hall–Kier alpha value is -3.46. The molecule has 1 saturated carbocycles. The van der Waals surface area contributed by atoms with Crippen LogP contribution in [-0.2, 0) is 11.3 Å². The fraction of sp³-hybridized carbons (Fsp3) is 0.533. The number of piperidine rings is 2. The van der Waals surface area contributed by atoms with Crippen LogP contribution < -0.4 is 10.6 Å². The molecule has 6 rings (SSSR count). The van der Waals surface area contributed by atoms with E-state index < -0.39 is 17.9 Å². The Kier molecular flexibility index (Phi) is 6.79. The van der Waals surface area contributed by atoms with Crippen molar-refractivity contribution in [1.29, 1.82) is 0 Å². The molecule has 1 aromatic heterocycles. The minimum atomic E-state index is -0.818. The van der Waals surface area contributed by atoms with Crippen LogP contribution in [0.4, 0.5) is 5.69 Å². The summed E-state index contributed by atoms with van der Waals surface area (Å²) in [6, 6.07) is 4.81. The zero-order valence-corrected chi connectivity index (χ0v) is 22.7. The molecule has 4 heterocycles. The maximum Gasteiger partial charge on any atom is 0.264 e. The molecular formula is C30H38N6O3. The van der Waals surface area contributed by atoms with Gasteiger partial charge in [-0.15, -0.1) is 0 Å². The molecule has 1 unspecified atom stereocenters. The van der Waals surface area contributed by atoms with Gasteiger partial charge in [-0.1, -0.05) is 32.4 Å². The van der Waals surface area contributed by atoms with Gasteiger partial charge in [0.05, 0.1) is 23.4 Å². The van der Waals surface area contributed by atoms with Gasteiger partial charge in [0.15, 0.2) is 0 Å². The lowest BCUT2D eigenvalue weighted by Gasteiger charge is -2.37. The Morgan fingerprint density at radius 1 is 1.10 bits per heavy atom. The van der Waals surface area contributed by atoms with E-state index in [1.807, 2.05) is 6.20 Å². The summed E-state index contributed by atoms with van der Waals surface area (Å²) in [5.41, 5.74) is 3.38. The first-order chi connectivity index (χ1) is 18.8. The van der Waals surface area contributed by atoms with Crippen LogP contribution in [-0.4, -0.2) is 63.0 Å². The van der Waals surface area contributed by atoms with Crippen molar-refractivity contribution in [2.45, 2.75) is 76.9 Å². The Morgan fingerprint density at radius 2 is 1.87 bits per heavy atom. The minimum Gasteiger partial charge on any atom is -0.380 e. The first-order valence-corrected chi connectivity index (χ1v) is 14.3. The van der Waals surface area contributed by atoms with E-state index in [0.29, 0.717) is 53.4 Å². The highest BCUT2D eigenvalue weighted by Gasteiger charge is 2.45. The number of nitrogens with zero attached hydrogens (tertiary/aromatic N) is 4. The molecule has 4 aliphatic rings. The highest BCUT2D eigenvalue weighted by Crippen LogP contribution is 2.39. The molecule has 3 aliphatic heterocycles. The molecule has 2 saturated heterocycles. The maximum absolute atomic E-state index is 13.4. The smallest absolute Gasteiger partial charge is 0.264 e. The maximum atomic E-state index is 13.4. The van der Waals surface area contributed by atoms with E-state index in [4.69, 9.17) is 0 Å². The molecule has 9 heteroatoms. The van der Waals surface area contributed by atoms with Crippen LogP contribution in [0.5, 0.6) is 0 Å². The number of carbonyl (C=O) groups is 3. The molecule has 0 radical (unpaired) electrons. The average Bonchev–Trinajstić information content (AvgIpc) is 3.63. The number of fused-ring (bicyclic) bond motifs is 1. The Morgan fingerprint density at radius 3 is 2.62 bits per heavy atom. The van der Waals surface area contributed by atoms with Crippen molar-refractivity contribution in [2.24, 2.45) is 5.41 Å². The van der Waals surface area contributed by atoms with E-state index in [0.717, 1.165) is 36.4 Å². The monoisotopic (exact) mass is 530 g/mol. The van der Waals surface area contributed by atoms with Gasteiger partial charge >= 0.3 is 0 Å². The normalized spacial score (nSPS) is 23.8. The van der Waals surface area contributed by atoms with Gasteiger partial charge in [-0.3, -0.25) is 24.0 Å². The summed E-state index contributed by atoms with van der Waals surface area (Å²) in [5, 5.41) is 10.7. The molecule has 0 bridgehead atoms. The second kappa shape index (κ2) is 10.3.